The molecule has 148 valence electrons. The first kappa shape index (κ1) is 19.1. The van der Waals surface area contributed by atoms with Gasteiger partial charge in [-0.2, -0.15) is 0 Å². The Morgan fingerprint density at radius 1 is 0.862 bits per heavy atom. The number of pyridine rings is 1. The Morgan fingerprint density at radius 2 is 1.48 bits per heavy atom. The lowest BCUT2D eigenvalue weighted by Crippen LogP contribution is -2.28. The van der Waals surface area contributed by atoms with E-state index in [4.69, 9.17) is 14.5 Å². The number of carbonyl (C=O) groups is 2. The van der Waals surface area contributed by atoms with Crippen LogP contribution in [0.3, 0.4) is 0 Å². The van der Waals surface area contributed by atoms with Crippen LogP contribution in [0.4, 0.5) is 0 Å². The lowest BCUT2D eigenvalue weighted by molar-refractivity contribution is -0.141. The predicted molar refractivity (Wildman–Crippen MR) is 110 cm³/mol. The molecular formula is C24H23NO4. The number of nitrogens with zero attached hydrogens (tertiary/aromatic N) is 1. The molecule has 1 aromatic heterocycles. The number of esters is 2. The highest BCUT2D eigenvalue weighted by Gasteiger charge is 2.44. The minimum atomic E-state index is -0.495. The van der Waals surface area contributed by atoms with Crippen molar-refractivity contribution in [1.82, 2.24) is 4.98 Å². The van der Waals surface area contributed by atoms with Crippen LogP contribution in [0, 0.1) is 0 Å². The van der Waals surface area contributed by atoms with Crippen molar-refractivity contribution >= 4 is 22.8 Å². The van der Waals surface area contributed by atoms with Crippen molar-refractivity contribution in [1.29, 1.82) is 0 Å². The minimum Gasteiger partial charge on any atom is -0.469 e. The third-order valence-corrected chi connectivity index (χ3v) is 5.90. The Kier molecular flexibility index (Phi) is 5.05. The van der Waals surface area contributed by atoms with Crippen molar-refractivity contribution in [3.63, 3.8) is 0 Å². The van der Waals surface area contributed by atoms with Gasteiger partial charge in [0, 0.05) is 29.2 Å². The van der Waals surface area contributed by atoms with Gasteiger partial charge in [0.15, 0.2) is 0 Å². The summed E-state index contributed by atoms with van der Waals surface area (Å²) in [5.41, 5.74) is 4.58. The molecule has 0 amide bonds. The third-order valence-electron chi connectivity index (χ3n) is 5.90. The van der Waals surface area contributed by atoms with E-state index in [1.54, 1.807) is 0 Å². The van der Waals surface area contributed by atoms with Crippen LogP contribution in [0.1, 0.15) is 36.8 Å². The van der Waals surface area contributed by atoms with Crippen LogP contribution < -0.4 is 0 Å². The quantitative estimate of drug-likeness (QED) is 0.585. The summed E-state index contributed by atoms with van der Waals surface area (Å²) in [5, 5.41) is 1.04. The molecule has 4 rings (SSSR count). The van der Waals surface area contributed by atoms with Crippen molar-refractivity contribution in [3.8, 4) is 11.3 Å². The molecule has 5 heteroatoms. The minimum absolute atomic E-state index is 0.262. The first-order valence-corrected chi connectivity index (χ1v) is 9.73. The number of rotatable bonds is 6. The summed E-state index contributed by atoms with van der Waals surface area (Å²) in [7, 11) is 2.80. The zero-order valence-corrected chi connectivity index (χ0v) is 16.6. The number of hydrogen-bond donors (Lipinski definition) is 0. The predicted octanol–water partition coefficient (Wildman–Crippen LogP) is 4.41. The van der Waals surface area contributed by atoms with Gasteiger partial charge >= 0.3 is 11.9 Å². The second-order valence-electron chi connectivity index (χ2n) is 7.36. The van der Waals surface area contributed by atoms with Crippen LogP contribution in [0.2, 0.25) is 0 Å². The van der Waals surface area contributed by atoms with E-state index in [1.165, 1.54) is 14.2 Å². The average molecular weight is 389 g/mol. The Bertz CT molecular complexity index is 1070. The summed E-state index contributed by atoms with van der Waals surface area (Å²) in [5.74, 6) is -0.524. The van der Waals surface area contributed by atoms with E-state index < -0.39 is 5.41 Å². The molecule has 0 N–H and O–H groups in total. The summed E-state index contributed by atoms with van der Waals surface area (Å²) in [4.78, 5) is 29.0. The normalized spacial score (nSPS) is 13.6. The molecule has 0 radical (unpaired) electrons. The Balaban J connectivity index is 1.91. The molecule has 0 saturated carbocycles. The van der Waals surface area contributed by atoms with Gasteiger partial charge < -0.3 is 9.47 Å². The molecule has 1 heterocycles. The first-order chi connectivity index (χ1) is 14.1. The standard InChI is InChI=1S/C24H23NO4/c1-28-21(26)11-13-24(14-12-22(27)29-2)18-9-5-4-8-17(18)23-19(24)15-16-7-3-6-10-20(16)25-23/h3-10,15H,11-14H2,1-2H3. The van der Waals surface area contributed by atoms with Crippen molar-refractivity contribution in [2.45, 2.75) is 31.1 Å². The van der Waals surface area contributed by atoms with Gasteiger partial charge in [0.25, 0.3) is 0 Å². The highest BCUT2D eigenvalue weighted by atomic mass is 16.5. The molecule has 0 saturated heterocycles. The van der Waals surface area contributed by atoms with E-state index in [0.717, 1.165) is 33.3 Å². The molecule has 3 aromatic rings. The summed E-state index contributed by atoms with van der Waals surface area (Å²) in [6, 6.07) is 18.3. The maximum absolute atomic E-state index is 12.0. The lowest BCUT2D eigenvalue weighted by Gasteiger charge is -2.31. The van der Waals surface area contributed by atoms with E-state index in [9.17, 15) is 9.59 Å². The van der Waals surface area contributed by atoms with E-state index in [1.807, 2.05) is 36.4 Å². The zero-order valence-electron chi connectivity index (χ0n) is 16.6. The number of ether oxygens (including phenoxy) is 2. The number of benzene rings is 2. The fourth-order valence-corrected chi connectivity index (χ4v) is 4.44. The van der Waals surface area contributed by atoms with Crippen LogP contribution in [0.15, 0.2) is 54.6 Å². The fourth-order valence-electron chi connectivity index (χ4n) is 4.44. The number of hydrogen-bond acceptors (Lipinski definition) is 5. The van der Waals surface area contributed by atoms with Gasteiger partial charge in [0.1, 0.15) is 0 Å². The highest BCUT2D eigenvalue weighted by molar-refractivity contribution is 5.88. The number of para-hydroxylation sites is 1. The van der Waals surface area contributed by atoms with E-state index in [-0.39, 0.29) is 24.8 Å². The maximum atomic E-state index is 12.0. The second kappa shape index (κ2) is 7.66. The SMILES string of the molecule is COC(=O)CCC1(CCC(=O)OC)c2ccccc2-c2nc3ccccc3cc21. The topological polar surface area (TPSA) is 65.5 Å². The molecule has 5 nitrogen and oxygen atoms in total. The van der Waals surface area contributed by atoms with Gasteiger partial charge in [-0.15, -0.1) is 0 Å². The van der Waals surface area contributed by atoms with Crippen molar-refractivity contribution in [2.75, 3.05) is 14.2 Å². The first-order valence-electron chi connectivity index (χ1n) is 9.73. The molecule has 1 aliphatic carbocycles. The van der Waals surface area contributed by atoms with Crippen LogP contribution in [-0.2, 0) is 24.5 Å². The zero-order chi connectivity index (χ0) is 20.4. The second-order valence-corrected chi connectivity index (χ2v) is 7.36. The van der Waals surface area contributed by atoms with Gasteiger partial charge in [0.2, 0.25) is 0 Å². The van der Waals surface area contributed by atoms with E-state index >= 15 is 0 Å². The number of methoxy groups -OCH3 is 2. The molecule has 29 heavy (non-hydrogen) atoms. The van der Waals surface area contributed by atoms with Crippen molar-refractivity contribution < 1.29 is 19.1 Å². The van der Waals surface area contributed by atoms with Gasteiger partial charge in [-0.3, -0.25) is 9.59 Å². The van der Waals surface area contributed by atoms with Gasteiger partial charge in [-0.1, -0.05) is 42.5 Å². The Labute approximate surface area is 169 Å². The summed E-state index contributed by atoms with van der Waals surface area (Å²) in [6.45, 7) is 0. The third kappa shape index (κ3) is 3.27. The van der Waals surface area contributed by atoms with Crippen LogP contribution in [0.5, 0.6) is 0 Å². The number of aromatic nitrogens is 1. The fraction of sp³-hybridized carbons (Fsp3) is 0.292. The number of fused-ring (bicyclic) bond motifs is 4. The highest BCUT2D eigenvalue weighted by Crippen LogP contribution is 2.53. The van der Waals surface area contributed by atoms with Crippen molar-refractivity contribution in [2.24, 2.45) is 0 Å². The van der Waals surface area contributed by atoms with E-state index in [2.05, 4.69) is 18.2 Å². The smallest absolute Gasteiger partial charge is 0.305 e. The molecule has 1 aliphatic rings. The van der Waals surface area contributed by atoms with Gasteiger partial charge in [-0.25, -0.2) is 4.98 Å². The molecule has 0 unspecified atom stereocenters. The van der Waals surface area contributed by atoms with Gasteiger partial charge in [0.05, 0.1) is 25.4 Å². The van der Waals surface area contributed by atoms with Crippen molar-refractivity contribution in [3.05, 3.63) is 65.7 Å². The van der Waals surface area contributed by atoms with E-state index in [0.29, 0.717) is 12.8 Å². The largest absolute Gasteiger partial charge is 0.469 e. The van der Waals surface area contributed by atoms with Crippen LogP contribution in [0.25, 0.3) is 22.2 Å². The molecular weight excluding hydrogens is 366 g/mol. The molecule has 0 aliphatic heterocycles. The number of carbonyl (C=O) groups excluding carboxylic acids is 2. The Hall–Kier alpha value is -3.21. The van der Waals surface area contributed by atoms with Crippen LogP contribution in [-0.4, -0.2) is 31.1 Å². The average Bonchev–Trinajstić information content (AvgIpc) is 3.03. The summed E-state index contributed by atoms with van der Waals surface area (Å²) >= 11 is 0. The maximum Gasteiger partial charge on any atom is 0.305 e. The molecule has 2 aromatic carbocycles. The molecule has 0 bridgehead atoms. The monoisotopic (exact) mass is 389 g/mol. The molecule has 0 spiro atoms. The molecule has 0 atom stereocenters. The summed E-state index contributed by atoms with van der Waals surface area (Å²) < 4.78 is 9.80. The Morgan fingerprint density at radius 3 is 2.17 bits per heavy atom. The lowest BCUT2D eigenvalue weighted by atomic mass is 9.71. The molecule has 0 fully saturated rings. The van der Waals surface area contributed by atoms with Crippen LogP contribution >= 0.6 is 0 Å². The van der Waals surface area contributed by atoms with Gasteiger partial charge in [-0.05, 0) is 36.1 Å². The summed E-state index contributed by atoms with van der Waals surface area (Å²) in [6.07, 6.45) is 1.61.